The van der Waals surface area contributed by atoms with E-state index in [1.807, 2.05) is 20.0 Å². The van der Waals surface area contributed by atoms with E-state index in [4.69, 9.17) is 4.74 Å². The van der Waals surface area contributed by atoms with Crippen molar-refractivity contribution in [3.05, 3.63) is 29.6 Å². The van der Waals surface area contributed by atoms with Crippen molar-refractivity contribution in [1.29, 1.82) is 0 Å². The van der Waals surface area contributed by atoms with Gasteiger partial charge in [-0.05, 0) is 31.9 Å². The van der Waals surface area contributed by atoms with E-state index in [9.17, 15) is 4.39 Å². The Hall–Kier alpha value is -1.09. The minimum atomic E-state index is -0.217. The van der Waals surface area contributed by atoms with Crippen LogP contribution in [0.1, 0.15) is 45.7 Å². The predicted molar refractivity (Wildman–Crippen MR) is 73.4 cm³/mol. The highest BCUT2D eigenvalue weighted by molar-refractivity contribution is 5.30. The number of ether oxygens (including phenoxy) is 1. The van der Waals surface area contributed by atoms with E-state index in [-0.39, 0.29) is 17.3 Å². The summed E-state index contributed by atoms with van der Waals surface area (Å²) in [6.45, 7) is 9.03. The molecule has 0 amide bonds. The first-order chi connectivity index (χ1) is 8.33. The van der Waals surface area contributed by atoms with Crippen LogP contribution in [0, 0.1) is 11.2 Å². The summed E-state index contributed by atoms with van der Waals surface area (Å²) in [5, 5.41) is 3.02. The Morgan fingerprint density at radius 1 is 1.33 bits per heavy atom. The zero-order valence-electron chi connectivity index (χ0n) is 12.0. The van der Waals surface area contributed by atoms with Crippen LogP contribution >= 0.6 is 0 Å². The molecule has 0 saturated heterocycles. The highest BCUT2D eigenvalue weighted by Crippen LogP contribution is 2.23. The van der Waals surface area contributed by atoms with Crippen LogP contribution in [0.2, 0.25) is 0 Å². The highest BCUT2D eigenvalue weighted by atomic mass is 19.1. The number of hydrogen-bond acceptors (Lipinski definition) is 2. The first kappa shape index (κ1) is 15.0. The fourth-order valence-corrected chi connectivity index (χ4v) is 1.58. The number of halogens is 1. The maximum atomic E-state index is 13.8. The lowest BCUT2D eigenvalue weighted by molar-refractivity contribution is 0.242. The van der Waals surface area contributed by atoms with Crippen LogP contribution in [0.3, 0.4) is 0 Å². The fourth-order valence-electron chi connectivity index (χ4n) is 1.58. The fraction of sp³-hybridized carbons (Fsp3) is 0.600. The first-order valence-electron chi connectivity index (χ1n) is 6.43. The van der Waals surface area contributed by atoms with E-state index in [1.165, 1.54) is 6.07 Å². The van der Waals surface area contributed by atoms with E-state index in [0.29, 0.717) is 17.9 Å². The van der Waals surface area contributed by atoms with Crippen LogP contribution in [-0.4, -0.2) is 13.7 Å². The quantitative estimate of drug-likeness (QED) is 0.858. The standard InChI is InChI=1S/C15H24FNO/c1-11(17-5)13-7-6-12(10-14(13)16)18-9-8-15(2,3)4/h6-7,10-11,17H,8-9H2,1-5H3. The van der Waals surface area contributed by atoms with Gasteiger partial charge < -0.3 is 10.1 Å². The summed E-state index contributed by atoms with van der Waals surface area (Å²) >= 11 is 0. The van der Waals surface area contributed by atoms with E-state index >= 15 is 0 Å². The zero-order valence-corrected chi connectivity index (χ0v) is 12.0. The maximum absolute atomic E-state index is 13.8. The van der Waals surface area contributed by atoms with Gasteiger partial charge >= 0.3 is 0 Å². The number of benzene rings is 1. The van der Waals surface area contributed by atoms with Gasteiger partial charge in [-0.15, -0.1) is 0 Å². The summed E-state index contributed by atoms with van der Waals surface area (Å²) in [6, 6.07) is 5.08. The predicted octanol–water partition coefficient (Wildman–Crippen LogP) is 3.92. The second-order valence-corrected chi connectivity index (χ2v) is 5.85. The van der Waals surface area contributed by atoms with Crippen molar-refractivity contribution < 1.29 is 9.13 Å². The molecule has 0 saturated carbocycles. The topological polar surface area (TPSA) is 21.3 Å². The molecule has 18 heavy (non-hydrogen) atoms. The van der Waals surface area contributed by atoms with Gasteiger partial charge in [0.05, 0.1) is 6.61 Å². The molecule has 1 N–H and O–H groups in total. The van der Waals surface area contributed by atoms with Gasteiger partial charge in [-0.3, -0.25) is 0 Å². The molecule has 1 rings (SSSR count). The average molecular weight is 253 g/mol. The van der Waals surface area contributed by atoms with Gasteiger partial charge in [0.1, 0.15) is 11.6 Å². The van der Waals surface area contributed by atoms with Crippen LogP contribution < -0.4 is 10.1 Å². The largest absolute Gasteiger partial charge is 0.493 e. The van der Waals surface area contributed by atoms with E-state index in [2.05, 4.69) is 26.1 Å². The Kier molecular flexibility index (Phi) is 5.15. The second-order valence-electron chi connectivity index (χ2n) is 5.85. The molecule has 1 aromatic carbocycles. The van der Waals surface area contributed by atoms with Crippen LogP contribution in [0.4, 0.5) is 4.39 Å². The minimum Gasteiger partial charge on any atom is -0.493 e. The molecule has 0 fully saturated rings. The molecule has 0 aliphatic heterocycles. The summed E-state index contributed by atoms with van der Waals surface area (Å²) in [5.41, 5.74) is 0.903. The number of rotatable bonds is 5. The smallest absolute Gasteiger partial charge is 0.131 e. The summed E-state index contributed by atoms with van der Waals surface area (Å²) in [5.74, 6) is 0.383. The molecule has 0 radical (unpaired) electrons. The molecule has 0 heterocycles. The van der Waals surface area contributed by atoms with E-state index < -0.39 is 0 Å². The SMILES string of the molecule is CNC(C)c1ccc(OCCC(C)(C)C)cc1F. The molecular weight excluding hydrogens is 229 g/mol. The van der Waals surface area contributed by atoms with Gasteiger partial charge in [-0.25, -0.2) is 4.39 Å². The minimum absolute atomic E-state index is 0.00799. The van der Waals surface area contributed by atoms with Crippen LogP contribution in [-0.2, 0) is 0 Å². The van der Waals surface area contributed by atoms with Crippen molar-refractivity contribution in [3.63, 3.8) is 0 Å². The van der Waals surface area contributed by atoms with E-state index in [1.54, 1.807) is 6.07 Å². The van der Waals surface area contributed by atoms with Crippen LogP contribution in [0.5, 0.6) is 5.75 Å². The van der Waals surface area contributed by atoms with Gasteiger partial charge in [-0.1, -0.05) is 26.8 Å². The Bertz CT molecular complexity index is 385. The van der Waals surface area contributed by atoms with Crippen molar-refractivity contribution in [3.8, 4) is 5.75 Å². The molecule has 2 nitrogen and oxygen atoms in total. The molecule has 0 spiro atoms. The lowest BCUT2D eigenvalue weighted by atomic mass is 9.93. The third kappa shape index (κ3) is 4.65. The molecule has 0 aliphatic rings. The number of nitrogens with one attached hydrogen (secondary N) is 1. The summed E-state index contributed by atoms with van der Waals surface area (Å²) in [4.78, 5) is 0. The third-order valence-electron chi connectivity index (χ3n) is 2.99. The van der Waals surface area contributed by atoms with Gasteiger partial charge in [0.2, 0.25) is 0 Å². The number of hydrogen-bond donors (Lipinski definition) is 1. The normalized spacial score (nSPS) is 13.4. The van der Waals surface area contributed by atoms with Gasteiger partial charge in [0.25, 0.3) is 0 Å². The molecule has 1 aromatic rings. The molecule has 0 bridgehead atoms. The van der Waals surface area contributed by atoms with Crippen molar-refractivity contribution in [1.82, 2.24) is 5.32 Å². The summed E-state index contributed by atoms with van der Waals surface area (Å²) in [7, 11) is 1.82. The Morgan fingerprint density at radius 3 is 2.50 bits per heavy atom. The summed E-state index contributed by atoms with van der Waals surface area (Å²) in [6.07, 6.45) is 0.948. The van der Waals surface area contributed by atoms with Crippen molar-refractivity contribution >= 4 is 0 Å². The molecule has 0 aliphatic carbocycles. The maximum Gasteiger partial charge on any atom is 0.131 e. The first-order valence-corrected chi connectivity index (χ1v) is 6.43. The van der Waals surface area contributed by atoms with Gasteiger partial charge in [0.15, 0.2) is 0 Å². The van der Waals surface area contributed by atoms with Crippen molar-refractivity contribution in [2.45, 2.75) is 40.2 Å². The van der Waals surface area contributed by atoms with Gasteiger partial charge in [0, 0.05) is 17.7 Å². The average Bonchev–Trinajstić information content (AvgIpc) is 2.26. The third-order valence-corrected chi connectivity index (χ3v) is 2.99. The Balaban J connectivity index is 2.62. The van der Waals surface area contributed by atoms with E-state index in [0.717, 1.165) is 6.42 Å². The summed E-state index contributed by atoms with van der Waals surface area (Å²) < 4.78 is 19.4. The van der Waals surface area contributed by atoms with Gasteiger partial charge in [-0.2, -0.15) is 0 Å². The molecule has 0 aromatic heterocycles. The Labute approximate surface area is 110 Å². The molecule has 1 atom stereocenters. The zero-order chi connectivity index (χ0) is 13.8. The van der Waals surface area contributed by atoms with Crippen molar-refractivity contribution in [2.75, 3.05) is 13.7 Å². The van der Waals surface area contributed by atoms with Crippen molar-refractivity contribution in [2.24, 2.45) is 5.41 Å². The highest BCUT2D eigenvalue weighted by Gasteiger charge is 2.12. The molecule has 1 unspecified atom stereocenters. The molecule has 3 heteroatoms. The van der Waals surface area contributed by atoms with Crippen LogP contribution in [0.15, 0.2) is 18.2 Å². The lowest BCUT2D eigenvalue weighted by Gasteiger charge is -2.18. The Morgan fingerprint density at radius 2 is 2.00 bits per heavy atom. The monoisotopic (exact) mass is 253 g/mol. The molecular formula is C15H24FNO. The van der Waals surface area contributed by atoms with Crippen LogP contribution in [0.25, 0.3) is 0 Å². The lowest BCUT2D eigenvalue weighted by Crippen LogP contribution is -2.14. The molecule has 102 valence electrons. The second kappa shape index (κ2) is 6.19.